The highest BCUT2D eigenvalue weighted by Crippen LogP contribution is 2.22. The summed E-state index contributed by atoms with van der Waals surface area (Å²) in [7, 11) is 0. The van der Waals surface area contributed by atoms with Gasteiger partial charge in [0.05, 0.1) is 17.9 Å². The van der Waals surface area contributed by atoms with Crippen molar-refractivity contribution in [3.8, 4) is 0 Å². The summed E-state index contributed by atoms with van der Waals surface area (Å²) >= 11 is 10.6. The molecule has 0 aliphatic heterocycles. The van der Waals surface area contributed by atoms with Gasteiger partial charge >= 0.3 is 0 Å². The summed E-state index contributed by atoms with van der Waals surface area (Å²) in [6, 6.07) is 12.5. The zero-order valence-corrected chi connectivity index (χ0v) is 20.1. The van der Waals surface area contributed by atoms with Gasteiger partial charge in [0, 0.05) is 21.7 Å². The minimum absolute atomic E-state index is 0.148. The fourth-order valence-corrected chi connectivity index (χ4v) is 4.37. The van der Waals surface area contributed by atoms with Crippen LogP contribution in [0.25, 0.3) is 0 Å². The molecule has 0 bridgehead atoms. The van der Waals surface area contributed by atoms with E-state index in [2.05, 4.69) is 36.8 Å². The van der Waals surface area contributed by atoms with Crippen LogP contribution in [0, 0.1) is 6.92 Å². The summed E-state index contributed by atoms with van der Waals surface area (Å²) in [5.74, 6) is 0.457. The number of thioether (sulfide) groups is 1. The number of carbonyl (C=O) groups is 2. The van der Waals surface area contributed by atoms with Gasteiger partial charge in [0.15, 0.2) is 11.0 Å². The summed E-state index contributed by atoms with van der Waals surface area (Å²) in [6.45, 7) is 4.70. The number of carbonyl (C=O) groups excluding carboxylic acids is 2. The molecule has 0 saturated carbocycles. The zero-order chi connectivity index (χ0) is 22.4. The number of rotatable bonds is 8. The molecule has 31 heavy (non-hydrogen) atoms. The van der Waals surface area contributed by atoms with Crippen molar-refractivity contribution in [1.82, 2.24) is 20.1 Å². The average molecular weight is 523 g/mol. The lowest BCUT2D eigenvalue weighted by Gasteiger charge is -2.10. The van der Waals surface area contributed by atoms with E-state index in [1.807, 2.05) is 30.5 Å². The number of hydrogen-bond acceptors (Lipinski definition) is 5. The van der Waals surface area contributed by atoms with Gasteiger partial charge in [-0.15, -0.1) is 10.2 Å². The van der Waals surface area contributed by atoms with E-state index < -0.39 is 0 Å². The summed E-state index contributed by atoms with van der Waals surface area (Å²) in [5, 5.41) is 15.3. The molecule has 0 aliphatic carbocycles. The van der Waals surface area contributed by atoms with Gasteiger partial charge in [-0.3, -0.25) is 9.59 Å². The van der Waals surface area contributed by atoms with Crippen LogP contribution in [-0.2, 0) is 17.9 Å². The Bertz CT molecular complexity index is 1110. The first kappa shape index (κ1) is 23.3. The number of nitrogens with zero attached hydrogens (tertiary/aromatic N) is 3. The Labute approximate surface area is 198 Å². The summed E-state index contributed by atoms with van der Waals surface area (Å²) in [5.41, 5.74) is 2.17. The van der Waals surface area contributed by atoms with Gasteiger partial charge in [-0.1, -0.05) is 35.5 Å². The van der Waals surface area contributed by atoms with Gasteiger partial charge in [-0.25, -0.2) is 0 Å². The van der Waals surface area contributed by atoms with Gasteiger partial charge in [0.1, 0.15) is 0 Å². The molecular formula is C21H21BrClN5O2S. The predicted octanol–water partition coefficient (Wildman–Crippen LogP) is 4.68. The van der Waals surface area contributed by atoms with E-state index in [1.165, 1.54) is 11.8 Å². The Hall–Kier alpha value is -2.36. The maximum Gasteiger partial charge on any atom is 0.252 e. The van der Waals surface area contributed by atoms with E-state index >= 15 is 0 Å². The van der Waals surface area contributed by atoms with E-state index in [9.17, 15) is 9.59 Å². The largest absolute Gasteiger partial charge is 0.345 e. The molecule has 3 aromatic rings. The van der Waals surface area contributed by atoms with Gasteiger partial charge in [0.2, 0.25) is 5.91 Å². The second-order valence-electron chi connectivity index (χ2n) is 6.60. The standard InChI is InChI=1S/C21H21BrClN5O2S/c1-3-28-18(11-24-20(30)15-6-4-5-7-16(15)22)26-27-21(28)31-12-19(29)25-17-9-8-14(23)10-13(17)2/h4-10H,3,11-12H2,1-2H3,(H,24,30)(H,25,29). The van der Waals surface area contributed by atoms with E-state index in [0.717, 1.165) is 15.7 Å². The lowest BCUT2D eigenvalue weighted by atomic mass is 10.2. The van der Waals surface area contributed by atoms with Crippen LogP contribution in [0.5, 0.6) is 0 Å². The number of amides is 2. The van der Waals surface area contributed by atoms with Crippen LogP contribution in [0.15, 0.2) is 52.1 Å². The maximum absolute atomic E-state index is 12.4. The number of hydrogen-bond donors (Lipinski definition) is 2. The number of benzene rings is 2. The fourth-order valence-electron chi connectivity index (χ4n) is 2.86. The molecule has 0 atom stereocenters. The van der Waals surface area contributed by atoms with Gasteiger partial charge in [0.25, 0.3) is 5.91 Å². The minimum Gasteiger partial charge on any atom is -0.345 e. The lowest BCUT2D eigenvalue weighted by molar-refractivity contribution is -0.113. The molecule has 0 spiro atoms. The first-order valence-electron chi connectivity index (χ1n) is 9.52. The normalized spacial score (nSPS) is 10.7. The number of aromatic nitrogens is 3. The predicted molar refractivity (Wildman–Crippen MR) is 127 cm³/mol. The van der Waals surface area contributed by atoms with Crippen molar-refractivity contribution >= 4 is 56.8 Å². The number of anilines is 1. The van der Waals surface area contributed by atoms with Crippen LogP contribution < -0.4 is 10.6 Å². The molecule has 10 heteroatoms. The smallest absolute Gasteiger partial charge is 0.252 e. The van der Waals surface area contributed by atoms with Gasteiger partial charge in [-0.05, 0) is 65.7 Å². The van der Waals surface area contributed by atoms with Crippen LogP contribution in [0.3, 0.4) is 0 Å². The van der Waals surface area contributed by atoms with Crippen LogP contribution in [0.1, 0.15) is 28.7 Å². The molecule has 162 valence electrons. The third-order valence-electron chi connectivity index (χ3n) is 4.43. The summed E-state index contributed by atoms with van der Waals surface area (Å²) in [4.78, 5) is 24.8. The Morgan fingerprint density at radius 3 is 2.68 bits per heavy atom. The molecule has 0 fully saturated rings. The summed E-state index contributed by atoms with van der Waals surface area (Å²) in [6.07, 6.45) is 0. The van der Waals surface area contributed by atoms with Gasteiger partial charge in [-0.2, -0.15) is 0 Å². The highest BCUT2D eigenvalue weighted by molar-refractivity contribution is 9.10. The quantitative estimate of drug-likeness (QED) is 0.419. The van der Waals surface area contributed by atoms with E-state index in [1.54, 1.807) is 30.3 Å². The van der Waals surface area contributed by atoms with E-state index in [4.69, 9.17) is 11.6 Å². The van der Waals surface area contributed by atoms with E-state index in [0.29, 0.717) is 28.1 Å². The molecular weight excluding hydrogens is 502 g/mol. The molecule has 2 N–H and O–H groups in total. The molecule has 0 unspecified atom stereocenters. The highest BCUT2D eigenvalue weighted by Gasteiger charge is 2.15. The third kappa shape index (κ3) is 6.09. The SMILES string of the molecule is CCn1c(CNC(=O)c2ccccc2Br)nnc1SCC(=O)Nc1ccc(Cl)cc1C. The molecule has 0 aliphatic rings. The van der Waals surface area contributed by atoms with Crippen LogP contribution >= 0.6 is 39.3 Å². The van der Waals surface area contributed by atoms with Crippen molar-refractivity contribution in [3.05, 3.63) is 68.9 Å². The second kappa shape index (κ2) is 10.8. The van der Waals surface area contributed by atoms with Crippen molar-refractivity contribution in [2.75, 3.05) is 11.1 Å². The highest BCUT2D eigenvalue weighted by atomic mass is 79.9. The van der Waals surface area contributed by atoms with Gasteiger partial charge < -0.3 is 15.2 Å². The zero-order valence-electron chi connectivity index (χ0n) is 17.0. The minimum atomic E-state index is -0.204. The maximum atomic E-state index is 12.4. The van der Waals surface area contributed by atoms with Crippen molar-refractivity contribution in [2.24, 2.45) is 0 Å². The first-order chi connectivity index (χ1) is 14.9. The third-order valence-corrected chi connectivity index (χ3v) is 6.32. The van der Waals surface area contributed by atoms with E-state index in [-0.39, 0.29) is 24.1 Å². The van der Waals surface area contributed by atoms with Crippen LogP contribution in [-0.4, -0.2) is 32.3 Å². The molecule has 7 nitrogen and oxygen atoms in total. The molecule has 0 saturated heterocycles. The number of nitrogens with one attached hydrogen (secondary N) is 2. The monoisotopic (exact) mass is 521 g/mol. The van der Waals surface area contributed by atoms with Crippen molar-refractivity contribution in [1.29, 1.82) is 0 Å². The average Bonchev–Trinajstić information content (AvgIpc) is 3.14. The Balaban J connectivity index is 1.58. The fraction of sp³-hybridized carbons (Fsp3) is 0.238. The lowest BCUT2D eigenvalue weighted by Crippen LogP contribution is -2.25. The molecule has 0 radical (unpaired) electrons. The number of halogens is 2. The Morgan fingerprint density at radius 1 is 1.19 bits per heavy atom. The Kier molecular flexibility index (Phi) is 8.11. The molecule has 2 amide bonds. The Morgan fingerprint density at radius 2 is 1.97 bits per heavy atom. The molecule has 1 aromatic heterocycles. The molecule has 3 rings (SSSR count). The van der Waals surface area contributed by atoms with Crippen molar-refractivity contribution in [2.45, 2.75) is 32.1 Å². The summed E-state index contributed by atoms with van der Waals surface area (Å²) < 4.78 is 2.61. The first-order valence-corrected chi connectivity index (χ1v) is 11.7. The van der Waals surface area contributed by atoms with Crippen LogP contribution in [0.2, 0.25) is 5.02 Å². The second-order valence-corrected chi connectivity index (χ2v) is 8.83. The number of aryl methyl sites for hydroxylation is 1. The van der Waals surface area contributed by atoms with Crippen molar-refractivity contribution in [3.63, 3.8) is 0 Å². The molecule has 2 aromatic carbocycles. The molecule has 1 heterocycles. The van der Waals surface area contributed by atoms with Crippen LogP contribution in [0.4, 0.5) is 5.69 Å². The topological polar surface area (TPSA) is 88.9 Å². The van der Waals surface area contributed by atoms with Crippen molar-refractivity contribution < 1.29 is 9.59 Å².